The summed E-state index contributed by atoms with van der Waals surface area (Å²) in [7, 11) is 0. The molecule has 1 heterocycles. The van der Waals surface area contributed by atoms with E-state index < -0.39 is 29.9 Å². The van der Waals surface area contributed by atoms with Crippen molar-refractivity contribution in [3.05, 3.63) is 65.7 Å². The van der Waals surface area contributed by atoms with Crippen molar-refractivity contribution in [1.82, 2.24) is 15.5 Å². The standard InChI is InChI=1S/C24H28N4O4/c1-5-24(17-9-7-6-8-10-17)21(31)28(22(32)27-24)15-19(29)25-18-13-11-16(12-14-18)20(30)26-23(2,3)4/h6-14H,5,15H2,1-4H3,(H,25,29)(H,26,30)(H,27,32). The molecule has 32 heavy (non-hydrogen) atoms. The van der Waals surface area contributed by atoms with Crippen LogP contribution in [0.25, 0.3) is 0 Å². The molecule has 168 valence electrons. The first kappa shape index (κ1) is 23.0. The zero-order chi connectivity index (χ0) is 23.5. The van der Waals surface area contributed by atoms with Gasteiger partial charge in [-0.15, -0.1) is 0 Å². The fourth-order valence-electron chi connectivity index (χ4n) is 3.59. The summed E-state index contributed by atoms with van der Waals surface area (Å²) in [6.45, 7) is 7.07. The third-order valence-electron chi connectivity index (χ3n) is 5.19. The molecule has 5 amide bonds. The van der Waals surface area contributed by atoms with Gasteiger partial charge in [-0.1, -0.05) is 37.3 Å². The van der Waals surface area contributed by atoms with E-state index in [1.54, 1.807) is 48.5 Å². The van der Waals surface area contributed by atoms with Crippen LogP contribution < -0.4 is 16.0 Å². The van der Waals surface area contributed by atoms with Crippen LogP contribution in [0.2, 0.25) is 0 Å². The molecular weight excluding hydrogens is 408 g/mol. The van der Waals surface area contributed by atoms with Gasteiger partial charge in [0.2, 0.25) is 5.91 Å². The summed E-state index contributed by atoms with van der Waals surface area (Å²) in [5.41, 5.74) is 0.0516. The number of nitrogens with zero attached hydrogens (tertiary/aromatic N) is 1. The summed E-state index contributed by atoms with van der Waals surface area (Å²) in [5.74, 6) is -1.19. The molecule has 3 N–H and O–H groups in total. The second-order valence-electron chi connectivity index (χ2n) is 8.78. The number of amides is 5. The minimum absolute atomic E-state index is 0.216. The predicted molar refractivity (Wildman–Crippen MR) is 121 cm³/mol. The fraction of sp³-hybridized carbons (Fsp3) is 0.333. The first-order chi connectivity index (χ1) is 15.1. The van der Waals surface area contributed by atoms with E-state index in [4.69, 9.17) is 0 Å². The van der Waals surface area contributed by atoms with Gasteiger partial charge in [0, 0.05) is 16.8 Å². The molecule has 2 aromatic carbocycles. The highest BCUT2D eigenvalue weighted by atomic mass is 16.2. The minimum Gasteiger partial charge on any atom is -0.347 e. The topological polar surface area (TPSA) is 108 Å². The Bertz CT molecular complexity index is 1030. The van der Waals surface area contributed by atoms with Crippen LogP contribution in [-0.4, -0.2) is 40.7 Å². The highest BCUT2D eigenvalue weighted by Crippen LogP contribution is 2.32. The van der Waals surface area contributed by atoms with Crippen LogP contribution in [0, 0.1) is 0 Å². The first-order valence-corrected chi connectivity index (χ1v) is 10.5. The van der Waals surface area contributed by atoms with E-state index in [0.29, 0.717) is 23.2 Å². The minimum atomic E-state index is -1.18. The van der Waals surface area contributed by atoms with Gasteiger partial charge in [-0.2, -0.15) is 0 Å². The van der Waals surface area contributed by atoms with Gasteiger partial charge in [0.25, 0.3) is 11.8 Å². The van der Waals surface area contributed by atoms with Crippen molar-refractivity contribution in [1.29, 1.82) is 0 Å². The number of urea groups is 1. The van der Waals surface area contributed by atoms with E-state index in [9.17, 15) is 19.2 Å². The Labute approximate surface area is 187 Å². The monoisotopic (exact) mass is 436 g/mol. The molecule has 8 nitrogen and oxygen atoms in total. The van der Waals surface area contributed by atoms with Gasteiger partial charge in [-0.05, 0) is 57.0 Å². The molecule has 2 aromatic rings. The van der Waals surface area contributed by atoms with Crippen LogP contribution in [0.5, 0.6) is 0 Å². The van der Waals surface area contributed by atoms with E-state index in [1.165, 1.54) is 0 Å². The van der Waals surface area contributed by atoms with Crippen molar-refractivity contribution in [2.24, 2.45) is 0 Å². The highest BCUT2D eigenvalue weighted by Gasteiger charge is 2.51. The fourth-order valence-corrected chi connectivity index (χ4v) is 3.59. The van der Waals surface area contributed by atoms with Gasteiger partial charge in [0.15, 0.2) is 0 Å². The lowest BCUT2D eigenvalue weighted by Crippen LogP contribution is -2.44. The van der Waals surface area contributed by atoms with E-state index >= 15 is 0 Å². The lowest BCUT2D eigenvalue weighted by Gasteiger charge is -2.25. The van der Waals surface area contributed by atoms with Crippen LogP contribution >= 0.6 is 0 Å². The van der Waals surface area contributed by atoms with Gasteiger partial charge in [-0.3, -0.25) is 19.3 Å². The Morgan fingerprint density at radius 3 is 2.19 bits per heavy atom. The highest BCUT2D eigenvalue weighted by molar-refractivity contribution is 6.10. The zero-order valence-electron chi connectivity index (χ0n) is 18.7. The summed E-state index contributed by atoms with van der Waals surface area (Å²) < 4.78 is 0. The SMILES string of the molecule is CCC1(c2ccccc2)NC(=O)N(CC(=O)Nc2ccc(C(=O)NC(C)(C)C)cc2)C1=O. The molecule has 0 spiro atoms. The molecule has 3 rings (SSSR count). The Kier molecular flexibility index (Phi) is 6.34. The molecule has 1 aliphatic heterocycles. The normalized spacial score (nSPS) is 18.3. The van der Waals surface area contributed by atoms with Crippen molar-refractivity contribution in [2.45, 2.75) is 45.2 Å². The maximum atomic E-state index is 13.1. The maximum absolute atomic E-state index is 13.1. The Hall–Kier alpha value is -3.68. The lowest BCUT2D eigenvalue weighted by atomic mass is 9.87. The number of carbonyl (C=O) groups is 4. The second kappa shape index (κ2) is 8.82. The third-order valence-corrected chi connectivity index (χ3v) is 5.19. The first-order valence-electron chi connectivity index (χ1n) is 10.5. The van der Waals surface area contributed by atoms with Gasteiger partial charge < -0.3 is 16.0 Å². The van der Waals surface area contributed by atoms with Crippen LogP contribution in [0.1, 0.15) is 50.0 Å². The Morgan fingerprint density at radius 1 is 1.00 bits per heavy atom. The van der Waals surface area contributed by atoms with Crippen molar-refractivity contribution in [3.63, 3.8) is 0 Å². The lowest BCUT2D eigenvalue weighted by molar-refractivity contribution is -0.134. The molecule has 0 saturated carbocycles. The van der Waals surface area contributed by atoms with Crippen LogP contribution in [0.4, 0.5) is 10.5 Å². The zero-order valence-corrected chi connectivity index (χ0v) is 18.7. The number of hydrogen-bond acceptors (Lipinski definition) is 4. The Balaban J connectivity index is 1.67. The molecule has 1 atom stereocenters. The summed E-state index contributed by atoms with van der Waals surface area (Å²) in [6, 6.07) is 14.8. The molecule has 8 heteroatoms. The van der Waals surface area contributed by atoms with E-state index in [1.807, 2.05) is 33.8 Å². The summed E-state index contributed by atoms with van der Waals surface area (Å²) >= 11 is 0. The van der Waals surface area contributed by atoms with Gasteiger partial charge >= 0.3 is 6.03 Å². The maximum Gasteiger partial charge on any atom is 0.325 e. The van der Waals surface area contributed by atoms with Crippen LogP contribution in [-0.2, 0) is 15.1 Å². The Morgan fingerprint density at radius 2 is 1.62 bits per heavy atom. The summed E-state index contributed by atoms with van der Waals surface area (Å²) in [6.07, 6.45) is 0.359. The van der Waals surface area contributed by atoms with E-state index in [0.717, 1.165) is 4.90 Å². The summed E-state index contributed by atoms with van der Waals surface area (Å²) in [4.78, 5) is 51.3. The number of rotatable bonds is 6. The average Bonchev–Trinajstić information content (AvgIpc) is 2.98. The smallest absolute Gasteiger partial charge is 0.325 e. The number of nitrogens with one attached hydrogen (secondary N) is 3. The molecule has 1 unspecified atom stereocenters. The number of benzene rings is 2. The molecule has 0 aliphatic carbocycles. The number of carbonyl (C=O) groups excluding carboxylic acids is 4. The predicted octanol–water partition coefficient (Wildman–Crippen LogP) is 3.01. The molecule has 0 bridgehead atoms. The number of hydrogen-bond donors (Lipinski definition) is 3. The van der Waals surface area contributed by atoms with Crippen molar-refractivity contribution < 1.29 is 19.2 Å². The molecule has 1 aliphatic rings. The number of anilines is 1. The molecule has 0 aromatic heterocycles. The molecule has 1 saturated heterocycles. The van der Waals surface area contributed by atoms with Gasteiger partial charge in [0.05, 0.1) is 0 Å². The number of imide groups is 1. The largest absolute Gasteiger partial charge is 0.347 e. The van der Waals surface area contributed by atoms with Crippen molar-refractivity contribution >= 4 is 29.4 Å². The summed E-state index contributed by atoms with van der Waals surface area (Å²) in [5, 5.41) is 8.28. The quantitative estimate of drug-likeness (QED) is 0.605. The average molecular weight is 437 g/mol. The van der Waals surface area contributed by atoms with Crippen molar-refractivity contribution in [3.8, 4) is 0 Å². The van der Waals surface area contributed by atoms with Gasteiger partial charge in [0.1, 0.15) is 12.1 Å². The van der Waals surface area contributed by atoms with Gasteiger partial charge in [-0.25, -0.2) is 4.79 Å². The second-order valence-corrected chi connectivity index (χ2v) is 8.78. The molecule has 0 radical (unpaired) electrons. The third kappa shape index (κ3) is 4.80. The van der Waals surface area contributed by atoms with Crippen molar-refractivity contribution in [2.75, 3.05) is 11.9 Å². The van der Waals surface area contributed by atoms with Crippen LogP contribution in [0.3, 0.4) is 0 Å². The molecule has 1 fully saturated rings. The van der Waals surface area contributed by atoms with E-state index in [2.05, 4.69) is 16.0 Å². The van der Waals surface area contributed by atoms with E-state index in [-0.39, 0.29) is 11.4 Å². The van der Waals surface area contributed by atoms with Crippen LogP contribution in [0.15, 0.2) is 54.6 Å². The molecular formula is C24H28N4O4.